The molecule has 0 bridgehead atoms. The van der Waals surface area contributed by atoms with Crippen LogP contribution in [0.15, 0.2) is 36.4 Å². The zero-order chi connectivity index (χ0) is 11.4. The Kier molecular flexibility index (Phi) is 4.03. The summed E-state index contributed by atoms with van der Waals surface area (Å²) in [7, 11) is 0. The van der Waals surface area contributed by atoms with Gasteiger partial charge in [-0.1, -0.05) is 35.9 Å². The number of benzene rings is 1. The third-order valence-corrected chi connectivity index (χ3v) is 3.30. The summed E-state index contributed by atoms with van der Waals surface area (Å²) in [6.45, 7) is 2.19. The highest BCUT2D eigenvalue weighted by Crippen LogP contribution is 2.20. The lowest BCUT2D eigenvalue weighted by atomic mass is 10.0. The molecule has 0 saturated heterocycles. The van der Waals surface area contributed by atoms with Crippen molar-refractivity contribution in [2.45, 2.75) is 38.3 Å². The van der Waals surface area contributed by atoms with Gasteiger partial charge in [-0.3, -0.25) is 0 Å². The van der Waals surface area contributed by atoms with Crippen molar-refractivity contribution in [2.75, 3.05) is 0 Å². The Labute approximate surface area is 103 Å². The summed E-state index contributed by atoms with van der Waals surface area (Å²) in [6, 6.07) is 8.95. The summed E-state index contributed by atoms with van der Waals surface area (Å²) >= 11 is 5.99. The lowest BCUT2D eigenvalue weighted by molar-refractivity contribution is 0.467. The molecule has 2 atom stereocenters. The second kappa shape index (κ2) is 5.51. The Hall–Kier alpha value is -0.790. The molecule has 0 radical (unpaired) electrons. The van der Waals surface area contributed by atoms with Gasteiger partial charge in [0.25, 0.3) is 0 Å². The van der Waals surface area contributed by atoms with Crippen LogP contribution in [0.1, 0.15) is 37.8 Å². The number of hydrogen-bond acceptors (Lipinski definition) is 1. The van der Waals surface area contributed by atoms with E-state index in [0.29, 0.717) is 12.1 Å². The minimum atomic E-state index is 0.353. The van der Waals surface area contributed by atoms with E-state index in [9.17, 15) is 0 Å². The molecule has 0 aromatic heterocycles. The Morgan fingerprint density at radius 3 is 3.00 bits per heavy atom. The summed E-state index contributed by atoms with van der Waals surface area (Å²) in [5.74, 6) is 0. The first kappa shape index (κ1) is 11.7. The summed E-state index contributed by atoms with van der Waals surface area (Å²) in [5.41, 5.74) is 1.26. The second-order valence-corrected chi connectivity index (χ2v) is 4.85. The van der Waals surface area contributed by atoms with E-state index in [1.165, 1.54) is 24.8 Å². The molecule has 1 N–H and O–H groups in total. The van der Waals surface area contributed by atoms with Crippen LogP contribution >= 0.6 is 11.6 Å². The first-order valence-electron chi connectivity index (χ1n) is 5.94. The topological polar surface area (TPSA) is 12.0 Å². The second-order valence-electron chi connectivity index (χ2n) is 4.41. The Balaban J connectivity index is 1.99. The van der Waals surface area contributed by atoms with Gasteiger partial charge in [-0.15, -0.1) is 0 Å². The minimum absolute atomic E-state index is 0.353. The lowest BCUT2D eigenvalue weighted by Crippen LogP contribution is -2.30. The molecule has 16 heavy (non-hydrogen) atoms. The Bertz CT molecular complexity index is 373. The highest BCUT2D eigenvalue weighted by molar-refractivity contribution is 6.30. The van der Waals surface area contributed by atoms with Crippen LogP contribution in [0.4, 0.5) is 0 Å². The van der Waals surface area contributed by atoms with Crippen molar-refractivity contribution in [3.63, 3.8) is 0 Å². The maximum atomic E-state index is 5.99. The Morgan fingerprint density at radius 2 is 2.31 bits per heavy atom. The SMILES string of the molecule is CC(NC1C=CCCC1)c1cccc(Cl)c1. The van der Waals surface area contributed by atoms with Crippen LogP contribution in [0.2, 0.25) is 5.02 Å². The molecular formula is C14H18ClN. The summed E-state index contributed by atoms with van der Waals surface area (Å²) in [5, 5.41) is 4.43. The average Bonchev–Trinajstić information content (AvgIpc) is 2.30. The molecule has 86 valence electrons. The fraction of sp³-hybridized carbons (Fsp3) is 0.429. The molecule has 2 unspecified atom stereocenters. The van der Waals surface area contributed by atoms with Gasteiger partial charge >= 0.3 is 0 Å². The van der Waals surface area contributed by atoms with Crippen molar-refractivity contribution in [1.29, 1.82) is 0 Å². The molecule has 0 amide bonds. The van der Waals surface area contributed by atoms with Crippen molar-refractivity contribution in [3.8, 4) is 0 Å². The third-order valence-electron chi connectivity index (χ3n) is 3.07. The maximum absolute atomic E-state index is 5.99. The summed E-state index contributed by atoms with van der Waals surface area (Å²) < 4.78 is 0. The van der Waals surface area contributed by atoms with E-state index in [2.05, 4.69) is 30.5 Å². The lowest BCUT2D eigenvalue weighted by Gasteiger charge is -2.23. The van der Waals surface area contributed by atoms with Gasteiger partial charge in [-0.25, -0.2) is 0 Å². The number of nitrogens with one attached hydrogen (secondary N) is 1. The molecule has 2 rings (SSSR count). The van der Waals surface area contributed by atoms with Crippen molar-refractivity contribution in [1.82, 2.24) is 5.32 Å². The fourth-order valence-corrected chi connectivity index (χ4v) is 2.34. The minimum Gasteiger partial charge on any atom is -0.304 e. The van der Waals surface area contributed by atoms with E-state index in [1.54, 1.807) is 0 Å². The van der Waals surface area contributed by atoms with Gasteiger partial charge in [0.15, 0.2) is 0 Å². The van der Waals surface area contributed by atoms with Crippen LogP contribution < -0.4 is 5.32 Å². The monoisotopic (exact) mass is 235 g/mol. The molecule has 1 aromatic rings. The average molecular weight is 236 g/mol. The molecule has 0 spiro atoms. The molecule has 0 saturated carbocycles. The molecule has 1 aromatic carbocycles. The van der Waals surface area contributed by atoms with E-state index in [-0.39, 0.29) is 0 Å². The molecule has 1 aliphatic rings. The van der Waals surface area contributed by atoms with Gasteiger partial charge in [0, 0.05) is 17.1 Å². The van der Waals surface area contributed by atoms with Crippen LogP contribution in [-0.2, 0) is 0 Å². The van der Waals surface area contributed by atoms with Crippen molar-refractivity contribution >= 4 is 11.6 Å². The normalized spacial score (nSPS) is 22.0. The van der Waals surface area contributed by atoms with Gasteiger partial charge < -0.3 is 5.32 Å². The molecule has 0 heterocycles. The quantitative estimate of drug-likeness (QED) is 0.778. The van der Waals surface area contributed by atoms with Crippen molar-refractivity contribution in [3.05, 3.63) is 47.0 Å². The number of rotatable bonds is 3. The first-order chi connectivity index (χ1) is 7.75. The summed E-state index contributed by atoms with van der Waals surface area (Å²) in [6.07, 6.45) is 8.30. The molecule has 0 fully saturated rings. The van der Waals surface area contributed by atoms with Gasteiger partial charge in [0.05, 0.1) is 0 Å². The van der Waals surface area contributed by atoms with Gasteiger partial charge in [-0.05, 0) is 43.9 Å². The predicted octanol–water partition coefficient (Wildman–Crippen LogP) is 4.10. The van der Waals surface area contributed by atoms with Gasteiger partial charge in [-0.2, -0.15) is 0 Å². The van der Waals surface area contributed by atoms with Crippen LogP contribution in [0.3, 0.4) is 0 Å². The standard InChI is InChI=1S/C14H18ClN/c1-11(12-6-5-7-13(15)10-12)16-14-8-3-2-4-9-14/h3,5-8,10-11,14,16H,2,4,9H2,1H3. The van der Waals surface area contributed by atoms with Crippen molar-refractivity contribution in [2.24, 2.45) is 0 Å². The molecule has 0 aliphatic heterocycles. The smallest absolute Gasteiger partial charge is 0.0409 e. The molecule has 2 heteroatoms. The van der Waals surface area contributed by atoms with E-state index in [4.69, 9.17) is 11.6 Å². The van der Waals surface area contributed by atoms with E-state index < -0.39 is 0 Å². The van der Waals surface area contributed by atoms with Crippen LogP contribution in [-0.4, -0.2) is 6.04 Å². The molecule has 1 aliphatic carbocycles. The van der Waals surface area contributed by atoms with E-state index >= 15 is 0 Å². The van der Waals surface area contributed by atoms with Gasteiger partial charge in [0.2, 0.25) is 0 Å². The van der Waals surface area contributed by atoms with Crippen LogP contribution in [0.25, 0.3) is 0 Å². The molecule has 1 nitrogen and oxygen atoms in total. The van der Waals surface area contributed by atoms with Crippen LogP contribution in [0.5, 0.6) is 0 Å². The highest BCUT2D eigenvalue weighted by atomic mass is 35.5. The third kappa shape index (κ3) is 3.10. The highest BCUT2D eigenvalue weighted by Gasteiger charge is 2.12. The Morgan fingerprint density at radius 1 is 1.44 bits per heavy atom. The maximum Gasteiger partial charge on any atom is 0.0409 e. The van der Waals surface area contributed by atoms with E-state index in [0.717, 1.165) is 5.02 Å². The van der Waals surface area contributed by atoms with Crippen LogP contribution in [0, 0.1) is 0 Å². The zero-order valence-electron chi connectivity index (χ0n) is 9.62. The number of hydrogen-bond donors (Lipinski definition) is 1. The first-order valence-corrected chi connectivity index (χ1v) is 6.31. The number of halogens is 1. The summed E-state index contributed by atoms with van der Waals surface area (Å²) in [4.78, 5) is 0. The van der Waals surface area contributed by atoms with Crippen molar-refractivity contribution < 1.29 is 0 Å². The fourth-order valence-electron chi connectivity index (χ4n) is 2.14. The predicted molar refractivity (Wildman–Crippen MR) is 69.8 cm³/mol. The van der Waals surface area contributed by atoms with E-state index in [1.807, 2.05) is 18.2 Å². The largest absolute Gasteiger partial charge is 0.304 e. The number of allylic oxidation sites excluding steroid dienone is 1. The zero-order valence-corrected chi connectivity index (χ0v) is 10.4. The molecular weight excluding hydrogens is 218 g/mol. The van der Waals surface area contributed by atoms with Gasteiger partial charge in [0.1, 0.15) is 0 Å².